The highest BCUT2D eigenvalue weighted by Gasteiger charge is 2.31. The van der Waals surface area contributed by atoms with Crippen LogP contribution in [0.15, 0.2) is 18.2 Å². The third kappa shape index (κ3) is 4.68. The number of fused-ring (bicyclic) bond motifs is 1. The van der Waals surface area contributed by atoms with E-state index >= 15 is 0 Å². The lowest BCUT2D eigenvalue weighted by molar-refractivity contribution is -0.125. The maximum absolute atomic E-state index is 12.7. The number of benzene rings is 1. The minimum atomic E-state index is -0.497. The van der Waals surface area contributed by atoms with E-state index in [1.54, 1.807) is 11.8 Å². The van der Waals surface area contributed by atoms with Crippen LogP contribution in [-0.2, 0) is 9.59 Å². The van der Waals surface area contributed by atoms with Crippen molar-refractivity contribution in [3.63, 3.8) is 0 Å². The molecule has 154 valence electrons. The first kappa shape index (κ1) is 20.7. The Morgan fingerprint density at radius 1 is 1.18 bits per heavy atom. The van der Waals surface area contributed by atoms with E-state index < -0.39 is 6.10 Å². The van der Waals surface area contributed by atoms with Crippen LogP contribution in [0.5, 0.6) is 5.75 Å². The van der Waals surface area contributed by atoms with Crippen molar-refractivity contribution < 1.29 is 14.3 Å². The van der Waals surface area contributed by atoms with E-state index in [1.165, 1.54) is 19.3 Å². The smallest absolute Gasteiger partial charge is 0.267 e. The van der Waals surface area contributed by atoms with Gasteiger partial charge in [0.05, 0.1) is 5.69 Å². The second kappa shape index (κ2) is 9.44. The zero-order valence-corrected chi connectivity index (χ0v) is 17.5. The maximum Gasteiger partial charge on any atom is 0.267 e. The molecule has 5 nitrogen and oxygen atoms in total. The fourth-order valence-electron chi connectivity index (χ4n) is 4.39. The van der Waals surface area contributed by atoms with Gasteiger partial charge in [-0.05, 0) is 57.1 Å². The minimum Gasteiger partial charge on any atom is -0.479 e. The Balaban J connectivity index is 1.62. The number of carbonyl (C=O) groups is 2. The van der Waals surface area contributed by atoms with E-state index in [4.69, 9.17) is 4.74 Å². The molecule has 1 saturated carbocycles. The molecule has 2 amide bonds. The normalized spacial score (nSPS) is 24.5. The fourth-order valence-corrected chi connectivity index (χ4v) is 4.39. The van der Waals surface area contributed by atoms with E-state index in [0.29, 0.717) is 12.3 Å². The monoisotopic (exact) mass is 386 g/mol. The highest BCUT2D eigenvalue weighted by atomic mass is 16.5. The molecule has 1 aromatic rings. The molecule has 0 radical (unpaired) electrons. The third-order valence-corrected chi connectivity index (χ3v) is 6.07. The molecule has 2 aliphatic rings. The summed E-state index contributed by atoms with van der Waals surface area (Å²) in [7, 11) is 0. The summed E-state index contributed by atoms with van der Waals surface area (Å²) >= 11 is 0. The third-order valence-electron chi connectivity index (χ3n) is 6.07. The number of hydrogen-bond donors (Lipinski definition) is 1. The molecular weight excluding hydrogens is 352 g/mol. The lowest BCUT2D eigenvalue weighted by Gasteiger charge is -2.33. The number of nitrogens with zero attached hydrogens (tertiary/aromatic N) is 1. The first-order valence-electron chi connectivity index (χ1n) is 11.0. The molecule has 0 bridgehead atoms. The fraction of sp³-hybridized carbons (Fsp3) is 0.652. The van der Waals surface area contributed by atoms with Crippen LogP contribution in [0.25, 0.3) is 0 Å². The van der Waals surface area contributed by atoms with Crippen LogP contribution in [0.4, 0.5) is 11.4 Å². The number of rotatable bonds is 7. The number of hydrogen-bond acceptors (Lipinski definition) is 3. The number of nitrogens with one attached hydrogen (secondary N) is 1. The lowest BCUT2D eigenvalue weighted by Crippen LogP contribution is -2.44. The first-order valence-corrected chi connectivity index (χ1v) is 11.0. The minimum absolute atomic E-state index is 0.00836. The highest BCUT2D eigenvalue weighted by molar-refractivity contribution is 6.00. The molecule has 0 spiro atoms. The van der Waals surface area contributed by atoms with Crippen molar-refractivity contribution in [3.05, 3.63) is 18.2 Å². The topological polar surface area (TPSA) is 58.6 Å². The predicted molar refractivity (Wildman–Crippen MR) is 113 cm³/mol. The van der Waals surface area contributed by atoms with Gasteiger partial charge in [0.1, 0.15) is 5.75 Å². The lowest BCUT2D eigenvalue weighted by atomic mass is 9.79. The van der Waals surface area contributed by atoms with Gasteiger partial charge in [0.15, 0.2) is 6.10 Å². The van der Waals surface area contributed by atoms with Crippen molar-refractivity contribution >= 4 is 23.2 Å². The summed E-state index contributed by atoms with van der Waals surface area (Å²) in [4.78, 5) is 26.9. The van der Waals surface area contributed by atoms with Gasteiger partial charge >= 0.3 is 0 Å². The summed E-state index contributed by atoms with van der Waals surface area (Å²) < 4.78 is 5.80. The molecule has 3 rings (SSSR count). The van der Waals surface area contributed by atoms with Crippen molar-refractivity contribution in [1.29, 1.82) is 0 Å². The molecule has 1 heterocycles. The van der Waals surface area contributed by atoms with Gasteiger partial charge in [0.2, 0.25) is 5.91 Å². The molecule has 1 N–H and O–H groups in total. The van der Waals surface area contributed by atoms with Gasteiger partial charge in [0, 0.05) is 24.2 Å². The van der Waals surface area contributed by atoms with Crippen LogP contribution in [0, 0.1) is 11.8 Å². The Labute approximate surface area is 168 Å². The van der Waals surface area contributed by atoms with Crippen LogP contribution in [0.2, 0.25) is 0 Å². The molecule has 0 saturated heterocycles. The van der Waals surface area contributed by atoms with E-state index in [9.17, 15) is 9.59 Å². The van der Waals surface area contributed by atoms with Crippen LogP contribution in [0.1, 0.15) is 72.1 Å². The van der Waals surface area contributed by atoms with Gasteiger partial charge in [-0.15, -0.1) is 0 Å². The molecule has 28 heavy (non-hydrogen) atoms. The Morgan fingerprint density at radius 2 is 1.93 bits per heavy atom. The molecular formula is C23H34N2O3. The summed E-state index contributed by atoms with van der Waals surface area (Å²) in [6.07, 6.45) is 8.54. The largest absolute Gasteiger partial charge is 0.479 e. The second-order valence-electron chi connectivity index (χ2n) is 8.28. The highest BCUT2D eigenvalue weighted by Crippen LogP contribution is 2.37. The zero-order chi connectivity index (χ0) is 20.1. The van der Waals surface area contributed by atoms with E-state index in [2.05, 4.69) is 19.2 Å². The van der Waals surface area contributed by atoms with E-state index in [-0.39, 0.29) is 17.7 Å². The van der Waals surface area contributed by atoms with Crippen molar-refractivity contribution in [3.8, 4) is 5.75 Å². The average Bonchev–Trinajstić information content (AvgIpc) is 2.70. The average molecular weight is 387 g/mol. The van der Waals surface area contributed by atoms with Crippen LogP contribution in [-0.4, -0.2) is 24.5 Å². The SMILES string of the molecule is CCCCC1CCC(C(=O)Nc2ccc3c(c2)OC(C)C(=O)N3CCC)CC1. The van der Waals surface area contributed by atoms with Gasteiger partial charge in [-0.2, -0.15) is 0 Å². The van der Waals surface area contributed by atoms with Gasteiger partial charge in [0.25, 0.3) is 5.91 Å². The number of unbranched alkanes of at least 4 members (excludes halogenated alkanes) is 1. The molecule has 1 aromatic carbocycles. The molecule has 1 fully saturated rings. The molecule has 5 heteroatoms. The van der Waals surface area contributed by atoms with Crippen molar-refractivity contribution in [2.24, 2.45) is 11.8 Å². The summed E-state index contributed by atoms with van der Waals surface area (Å²) in [5.74, 6) is 1.67. The second-order valence-corrected chi connectivity index (χ2v) is 8.28. The Bertz CT molecular complexity index is 695. The van der Waals surface area contributed by atoms with Crippen molar-refractivity contribution in [1.82, 2.24) is 0 Å². The number of carbonyl (C=O) groups excluding carboxylic acids is 2. The summed E-state index contributed by atoms with van der Waals surface area (Å²) in [6.45, 7) is 6.74. The van der Waals surface area contributed by atoms with E-state index in [1.807, 2.05) is 18.2 Å². The van der Waals surface area contributed by atoms with Gasteiger partial charge < -0.3 is 15.0 Å². The quantitative estimate of drug-likeness (QED) is 0.705. The standard InChI is InChI=1S/C23H34N2O3/c1-4-6-7-17-8-10-18(11-9-17)22(26)24-19-12-13-20-21(15-19)28-16(3)23(27)25(20)14-5-2/h12-13,15-18H,4-11,14H2,1-3H3,(H,24,26). The van der Waals surface area contributed by atoms with E-state index in [0.717, 1.165) is 49.4 Å². The summed E-state index contributed by atoms with van der Waals surface area (Å²) in [5, 5.41) is 3.07. The maximum atomic E-state index is 12.7. The molecule has 1 atom stereocenters. The van der Waals surface area contributed by atoms with Crippen molar-refractivity contribution in [2.75, 3.05) is 16.8 Å². The summed E-state index contributed by atoms with van der Waals surface area (Å²) in [5.41, 5.74) is 1.54. The molecule has 1 aliphatic carbocycles. The number of amides is 2. The first-order chi connectivity index (χ1) is 13.5. The number of anilines is 2. The molecule has 0 aromatic heterocycles. The molecule has 1 aliphatic heterocycles. The Morgan fingerprint density at radius 3 is 2.61 bits per heavy atom. The van der Waals surface area contributed by atoms with Gasteiger partial charge in [-0.25, -0.2) is 0 Å². The summed E-state index contributed by atoms with van der Waals surface area (Å²) in [6, 6.07) is 5.61. The number of ether oxygens (including phenoxy) is 1. The molecule has 1 unspecified atom stereocenters. The Kier molecular flexibility index (Phi) is 6.97. The van der Waals surface area contributed by atoms with Gasteiger partial charge in [-0.3, -0.25) is 9.59 Å². The van der Waals surface area contributed by atoms with Crippen LogP contribution >= 0.6 is 0 Å². The van der Waals surface area contributed by atoms with Crippen LogP contribution in [0.3, 0.4) is 0 Å². The Hall–Kier alpha value is -2.04. The van der Waals surface area contributed by atoms with Crippen LogP contribution < -0.4 is 15.0 Å². The van der Waals surface area contributed by atoms with Gasteiger partial charge in [-0.1, -0.05) is 33.1 Å². The van der Waals surface area contributed by atoms with Crippen molar-refractivity contribution in [2.45, 2.75) is 78.2 Å². The zero-order valence-electron chi connectivity index (χ0n) is 17.5. The predicted octanol–water partition coefficient (Wildman–Crippen LogP) is 5.15.